The minimum absolute atomic E-state index is 0.225. The summed E-state index contributed by atoms with van der Waals surface area (Å²) in [6.45, 7) is 5.22. The first-order valence-electron chi connectivity index (χ1n) is 5.47. The second kappa shape index (κ2) is 4.60. The fraction of sp³-hybridized carbons (Fsp3) is 0.385. The number of hydrogen-bond acceptors (Lipinski definition) is 1. The third kappa shape index (κ3) is 2.15. The molecule has 0 radical (unpaired) electrons. The van der Waals surface area contributed by atoms with Gasteiger partial charge in [-0.2, -0.15) is 0 Å². The molecule has 0 saturated carbocycles. The van der Waals surface area contributed by atoms with Crippen molar-refractivity contribution in [1.29, 1.82) is 0 Å². The SMILES string of the molecule is Cc1ccc2c(Br)cn(CC(C)CO)c2c1. The Labute approximate surface area is 104 Å². The van der Waals surface area contributed by atoms with Crippen molar-refractivity contribution < 1.29 is 5.11 Å². The monoisotopic (exact) mass is 281 g/mol. The molecule has 0 aliphatic heterocycles. The molecule has 0 spiro atoms. The van der Waals surface area contributed by atoms with E-state index in [0.717, 1.165) is 11.0 Å². The highest BCUT2D eigenvalue weighted by Gasteiger charge is 2.09. The summed E-state index contributed by atoms with van der Waals surface area (Å²) in [5.74, 6) is 0.281. The van der Waals surface area contributed by atoms with Crippen LogP contribution in [0.15, 0.2) is 28.9 Å². The summed E-state index contributed by atoms with van der Waals surface area (Å²) in [5, 5.41) is 10.3. The van der Waals surface area contributed by atoms with Gasteiger partial charge in [0.05, 0.1) is 0 Å². The molecule has 86 valence electrons. The van der Waals surface area contributed by atoms with E-state index in [2.05, 4.69) is 58.7 Å². The number of aliphatic hydroxyl groups is 1. The zero-order valence-electron chi connectivity index (χ0n) is 9.57. The third-order valence-corrected chi connectivity index (χ3v) is 3.44. The lowest BCUT2D eigenvalue weighted by molar-refractivity contribution is 0.224. The van der Waals surface area contributed by atoms with E-state index in [1.165, 1.54) is 16.5 Å². The van der Waals surface area contributed by atoms with Gasteiger partial charge < -0.3 is 9.67 Å². The van der Waals surface area contributed by atoms with Crippen molar-refractivity contribution in [2.24, 2.45) is 5.92 Å². The number of rotatable bonds is 3. The van der Waals surface area contributed by atoms with Crippen LogP contribution in [0.1, 0.15) is 12.5 Å². The summed E-state index contributed by atoms with van der Waals surface area (Å²) >= 11 is 3.57. The van der Waals surface area contributed by atoms with E-state index < -0.39 is 0 Å². The summed E-state index contributed by atoms with van der Waals surface area (Å²) < 4.78 is 3.32. The van der Waals surface area contributed by atoms with Crippen molar-refractivity contribution in [2.45, 2.75) is 20.4 Å². The highest BCUT2D eigenvalue weighted by Crippen LogP contribution is 2.27. The van der Waals surface area contributed by atoms with Gasteiger partial charge in [-0.25, -0.2) is 0 Å². The van der Waals surface area contributed by atoms with E-state index in [-0.39, 0.29) is 12.5 Å². The average molecular weight is 282 g/mol. The molecule has 0 amide bonds. The average Bonchev–Trinajstić information content (AvgIpc) is 2.55. The minimum atomic E-state index is 0.225. The fourth-order valence-corrected chi connectivity index (χ4v) is 2.48. The Hall–Kier alpha value is -0.800. The Kier molecular flexibility index (Phi) is 3.36. The van der Waals surface area contributed by atoms with Crippen molar-refractivity contribution in [3.8, 4) is 0 Å². The maximum absolute atomic E-state index is 9.10. The molecule has 2 rings (SSSR count). The van der Waals surface area contributed by atoms with Gasteiger partial charge in [-0.3, -0.25) is 0 Å². The molecule has 1 heterocycles. The molecule has 1 aromatic heterocycles. The van der Waals surface area contributed by atoms with Gasteiger partial charge >= 0.3 is 0 Å². The van der Waals surface area contributed by atoms with Crippen LogP contribution in [-0.4, -0.2) is 16.3 Å². The number of aromatic nitrogens is 1. The van der Waals surface area contributed by atoms with Crippen molar-refractivity contribution in [1.82, 2.24) is 4.57 Å². The van der Waals surface area contributed by atoms with Crippen LogP contribution in [0.3, 0.4) is 0 Å². The van der Waals surface area contributed by atoms with Gasteiger partial charge in [0.2, 0.25) is 0 Å². The minimum Gasteiger partial charge on any atom is -0.396 e. The molecule has 0 bridgehead atoms. The Morgan fingerprint density at radius 1 is 1.44 bits per heavy atom. The normalized spacial score (nSPS) is 13.2. The molecule has 16 heavy (non-hydrogen) atoms. The molecule has 2 aromatic rings. The summed E-state index contributed by atoms with van der Waals surface area (Å²) in [7, 11) is 0. The second-order valence-corrected chi connectivity index (χ2v) is 5.29. The molecule has 2 nitrogen and oxygen atoms in total. The van der Waals surface area contributed by atoms with E-state index in [9.17, 15) is 0 Å². The molecule has 0 saturated heterocycles. The first-order valence-corrected chi connectivity index (χ1v) is 6.27. The van der Waals surface area contributed by atoms with Crippen molar-refractivity contribution in [3.63, 3.8) is 0 Å². The largest absolute Gasteiger partial charge is 0.396 e. The van der Waals surface area contributed by atoms with Crippen molar-refractivity contribution in [3.05, 3.63) is 34.4 Å². The van der Waals surface area contributed by atoms with Crippen LogP contribution in [0.25, 0.3) is 10.9 Å². The summed E-state index contributed by atoms with van der Waals surface area (Å²) in [5.41, 5.74) is 2.49. The number of nitrogens with zero attached hydrogens (tertiary/aromatic N) is 1. The summed E-state index contributed by atoms with van der Waals surface area (Å²) in [6, 6.07) is 6.44. The molecule has 0 aliphatic carbocycles. The zero-order valence-corrected chi connectivity index (χ0v) is 11.2. The predicted octanol–water partition coefficient (Wildman–Crippen LogP) is 3.34. The molecule has 1 unspecified atom stereocenters. The number of aryl methyl sites for hydroxylation is 1. The van der Waals surface area contributed by atoms with E-state index in [1.807, 2.05) is 0 Å². The van der Waals surface area contributed by atoms with Gasteiger partial charge in [0.1, 0.15) is 0 Å². The van der Waals surface area contributed by atoms with Crippen LogP contribution in [0.2, 0.25) is 0 Å². The van der Waals surface area contributed by atoms with Crippen molar-refractivity contribution >= 4 is 26.8 Å². The Morgan fingerprint density at radius 2 is 2.19 bits per heavy atom. The number of halogens is 1. The lowest BCUT2D eigenvalue weighted by Gasteiger charge is -2.10. The van der Waals surface area contributed by atoms with E-state index in [1.54, 1.807) is 0 Å². The maximum Gasteiger partial charge on any atom is 0.0494 e. The molecule has 1 aromatic carbocycles. The number of aliphatic hydroxyl groups excluding tert-OH is 1. The van der Waals surface area contributed by atoms with Gasteiger partial charge in [-0.1, -0.05) is 19.1 Å². The zero-order chi connectivity index (χ0) is 11.7. The van der Waals surface area contributed by atoms with Crippen LogP contribution in [0, 0.1) is 12.8 Å². The number of hydrogen-bond donors (Lipinski definition) is 1. The van der Waals surface area contributed by atoms with E-state index >= 15 is 0 Å². The molecular weight excluding hydrogens is 266 g/mol. The second-order valence-electron chi connectivity index (χ2n) is 4.44. The lowest BCUT2D eigenvalue weighted by atomic mass is 10.1. The van der Waals surface area contributed by atoms with Gasteiger partial charge in [-0.15, -0.1) is 0 Å². The Morgan fingerprint density at radius 3 is 2.88 bits per heavy atom. The van der Waals surface area contributed by atoms with Gasteiger partial charge in [-0.05, 0) is 40.4 Å². The number of benzene rings is 1. The van der Waals surface area contributed by atoms with Crippen molar-refractivity contribution in [2.75, 3.05) is 6.61 Å². The van der Waals surface area contributed by atoms with Crippen LogP contribution in [-0.2, 0) is 6.54 Å². The topological polar surface area (TPSA) is 25.2 Å². The quantitative estimate of drug-likeness (QED) is 0.917. The highest BCUT2D eigenvalue weighted by atomic mass is 79.9. The van der Waals surface area contributed by atoms with Crippen LogP contribution < -0.4 is 0 Å². The van der Waals surface area contributed by atoms with E-state index in [4.69, 9.17) is 5.11 Å². The molecule has 1 atom stereocenters. The molecule has 0 aliphatic rings. The van der Waals surface area contributed by atoms with Gasteiger partial charge in [0.15, 0.2) is 0 Å². The standard InChI is InChI=1S/C13H16BrNO/c1-9-3-4-11-12(14)7-15(13(11)5-9)6-10(2)8-16/h3-5,7,10,16H,6,8H2,1-2H3. The molecule has 3 heteroatoms. The molecule has 1 N–H and O–H groups in total. The van der Waals surface area contributed by atoms with Crippen LogP contribution in [0.5, 0.6) is 0 Å². The first-order chi connectivity index (χ1) is 7.61. The lowest BCUT2D eigenvalue weighted by Crippen LogP contribution is -2.10. The molecular formula is C13H16BrNO. The molecule has 0 fully saturated rings. The van der Waals surface area contributed by atoms with Crippen LogP contribution in [0.4, 0.5) is 0 Å². The number of fused-ring (bicyclic) bond motifs is 1. The van der Waals surface area contributed by atoms with Gasteiger partial charge in [0.25, 0.3) is 0 Å². The fourth-order valence-electron chi connectivity index (χ4n) is 1.90. The predicted molar refractivity (Wildman–Crippen MR) is 70.6 cm³/mol. The maximum atomic E-state index is 9.10. The first kappa shape index (κ1) is 11.7. The van der Waals surface area contributed by atoms with Crippen LogP contribution >= 0.6 is 15.9 Å². The third-order valence-electron chi connectivity index (χ3n) is 2.81. The smallest absolute Gasteiger partial charge is 0.0494 e. The summed E-state index contributed by atoms with van der Waals surface area (Å²) in [6.07, 6.45) is 2.09. The highest BCUT2D eigenvalue weighted by molar-refractivity contribution is 9.10. The Bertz CT molecular complexity index is 504. The van der Waals surface area contributed by atoms with E-state index in [0.29, 0.717) is 0 Å². The summed E-state index contributed by atoms with van der Waals surface area (Å²) in [4.78, 5) is 0. The Balaban J connectivity index is 2.48. The van der Waals surface area contributed by atoms with Gasteiger partial charge in [0, 0.05) is 34.7 Å².